The van der Waals surface area contributed by atoms with Crippen molar-refractivity contribution in [2.75, 3.05) is 0 Å². The Kier molecular flexibility index (Phi) is 3.53. The highest BCUT2D eigenvalue weighted by atomic mass is 16.2. The van der Waals surface area contributed by atoms with Gasteiger partial charge in [0.1, 0.15) is 12.1 Å². The summed E-state index contributed by atoms with van der Waals surface area (Å²) in [5.41, 5.74) is 9.92. The van der Waals surface area contributed by atoms with Crippen LogP contribution in [0.25, 0.3) is 0 Å². The van der Waals surface area contributed by atoms with Crippen molar-refractivity contribution in [3.8, 4) is 0 Å². The van der Waals surface area contributed by atoms with Gasteiger partial charge >= 0.3 is 0 Å². The van der Waals surface area contributed by atoms with Crippen molar-refractivity contribution < 1.29 is 20.6 Å². The largest absolute Gasteiger partial charge is 0.370 e. The molecular weight excluding hydrogens is 228 g/mol. The number of carbonyl (C=O) groups excluding carboxylic acids is 4. The van der Waals surface area contributed by atoms with Gasteiger partial charge < -0.3 is 22.1 Å². The van der Waals surface area contributed by atoms with Gasteiger partial charge in [-0.05, 0) is 6.42 Å². The molecule has 0 aromatic carbocycles. The van der Waals surface area contributed by atoms with Gasteiger partial charge in [0, 0.05) is 6.42 Å². The van der Waals surface area contributed by atoms with E-state index in [2.05, 4.69) is 5.32 Å². The molecule has 94 valence electrons. The Morgan fingerprint density at radius 3 is 2.59 bits per heavy atom. The molecule has 1 aliphatic heterocycles. The summed E-state index contributed by atoms with van der Waals surface area (Å²) in [4.78, 5) is 44.5. The van der Waals surface area contributed by atoms with Crippen molar-refractivity contribution in [3.05, 3.63) is 0 Å². The highest BCUT2D eigenvalue weighted by molar-refractivity contribution is 5.95. The maximum Gasteiger partial charge on any atom is 0.243 e. The van der Waals surface area contributed by atoms with Gasteiger partial charge in [0.05, 0.1) is 6.42 Å². The number of hydrogen-bond donors (Lipinski definition) is 4. The van der Waals surface area contributed by atoms with Gasteiger partial charge in [-0.1, -0.05) is 0 Å². The van der Waals surface area contributed by atoms with Crippen molar-refractivity contribution in [1.82, 2.24) is 10.6 Å². The van der Waals surface area contributed by atoms with Crippen LogP contribution in [0.2, 0.25) is 1.41 Å². The number of rotatable bonds is 5. The van der Waals surface area contributed by atoms with E-state index in [0.29, 0.717) is 5.31 Å². The Labute approximate surface area is 98.5 Å². The van der Waals surface area contributed by atoms with Gasteiger partial charge in [-0.3, -0.25) is 19.2 Å². The van der Waals surface area contributed by atoms with Crippen LogP contribution in [0.3, 0.4) is 0 Å². The monoisotopic (exact) mass is 243 g/mol. The standard InChI is InChI=1S/C9H14N4O4/c10-6(14)3-5(8(11)16)13-9(17)4-1-2-7(15)12-4/h4-5H,1-3H2,(H2,10,14)(H2,11,16)(H,12,15)(H,13,17)/t4-,5-/m0/s1/i/hD. The average molecular weight is 243 g/mol. The van der Waals surface area contributed by atoms with Crippen molar-refractivity contribution in [2.45, 2.75) is 31.3 Å². The molecule has 17 heavy (non-hydrogen) atoms. The average Bonchev–Trinajstić information content (AvgIpc) is 2.58. The lowest BCUT2D eigenvalue weighted by atomic mass is 10.1. The number of carbonyl (C=O) groups is 4. The maximum absolute atomic E-state index is 11.7. The molecule has 0 spiro atoms. The van der Waals surface area contributed by atoms with Gasteiger partial charge in [-0.2, -0.15) is 0 Å². The number of nitrogens with two attached hydrogens (primary N) is 2. The Morgan fingerprint density at radius 1 is 1.53 bits per heavy atom. The minimum absolute atomic E-state index is 0.0959. The predicted molar refractivity (Wildman–Crippen MR) is 56.1 cm³/mol. The summed E-state index contributed by atoms with van der Waals surface area (Å²) in [6.07, 6.45) is -0.130. The Morgan fingerprint density at radius 2 is 2.18 bits per heavy atom. The minimum atomic E-state index is -1.22. The first-order valence-electron chi connectivity index (χ1n) is 5.46. The fraction of sp³-hybridized carbons (Fsp3) is 0.556. The molecule has 1 aliphatic rings. The summed E-state index contributed by atoms with van der Waals surface area (Å²) in [5.74, 6) is -2.85. The normalized spacial score (nSPS) is 21.9. The summed E-state index contributed by atoms with van der Waals surface area (Å²) in [6, 6.07) is -2.19. The van der Waals surface area contributed by atoms with Crippen LogP contribution in [-0.4, -0.2) is 35.7 Å². The van der Waals surface area contributed by atoms with E-state index in [4.69, 9.17) is 12.9 Å². The van der Waals surface area contributed by atoms with Gasteiger partial charge in [0.2, 0.25) is 23.6 Å². The molecule has 0 aromatic heterocycles. The summed E-state index contributed by atoms with van der Waals surface area (Å²) < 4.78 is 7.33. The van der Waals surface area contributed by atoms with E-state index < -0.39 is 42.1 Å². The molecule has 1 heterocycles. The second-order valence-electron chi connectivity index (χ2n) is 3.71. The highest BCUT2D eigenvalue weighted by Crippen LogP contribution is 2.06. The first-order chi connectivity index (χ1) is 8.32. The van der Waals surface area contributed by atoms with Gasteiger partial charge in [-0.15, -0.1) is 0 Å². The Bertz CT molecular complexity index is 400. The van der Waals surface area contributed by atoms with Gasteiger partial charge in [0.25, 0.3) is 0 Å². The molecule has 6 N–H and O–H groups in total. The number of nitrogens with one attached hydrogen (secondary N) is 2. The van der Waals surface area contributed by atoms with E-state index in [0.717, 1.165) is 0 Å². The highest BCUT2D eigenvalue weighted by Gasteiger charge is 2.30. The van der Waals surface area contributed by atoms with Crippen LogP contribution in [0.1, 0.15) is 19.3 Å². The van der Waals surface area contributed by atoms with Crippen molar-refractivity contribution in [1.29, 1.82) is 0 Å². The molecule has 1 rings (SSSR count). The Hall–Kier alpha value is -2.12. The van der Waals surface area contributed by atoms with E-state index in [1.807, 2.05) is 0 Å². The molecule has 1 fully saturated rings. The number of primary amides is 2. The Balaban J connectivity index is 2.64. The van der Waals surface area contributed by atoms with Crippen molar-refractivity contribution in [3.63, 3.8) is 0 Å². The molecule has 0 unspecified atom stereocenters. The first-order valence-corrected chi connectivity index (χ1v) is 5.02. The molecule has 0 aliphatic carbocycles. The van der Waals surface area contributed by atoms with Crippen LogP contribution < -0.4 is 22.1 Å². The molecule has 0 radical (unpaired) electrons. The zero-order chi connectivity index (χ0) is 13.9. The van der Waals surface area contributed by atoms with Crippen molar-refractivity contribution >= 4 is 23.6 Å². The molecular formula is C9H14N4O4. The van der Waals surface area contributed by atoms with Crippen LogP contribution in [0.4, 0.5) is 0 Å². The third kappa shape index (κ3) is 3.74. The van der Waals surface area contributed by atoms with Crippen LogP contribution in [0.5, 0.6) is 0 Å². The molecule has 0 aromatic rings. The lowest BCUT2D eigenvalue weighted by Crippen LogP contribution is -2.51. The SMILES string of the molecule is [2H]N1C(=O)CC[C@H]1C(=O)N[C@@H](CC(N)=O)C(N)=O. The summed E-state index contributed by atoms with van der Waals surface area (Å²) in [6.45, 7) is 0. The van der Waals surface area contributed by atoms with Crippen LogP contribution in [0.15, 0.2) is 0 Å². The van der Waals surface area contributed by atoms with Crippen LogP contribution in [0, 0.1) is 0 Å². The first kappa shape index (κ1) is 11.4. The smallest absolute Gasteiger partial charge is 0.243 e. The molecule has 8 nitrogen and oxygen atoms in total. The lowest BCUT2D eigenvalue weighted by Gasteiger charge is -2.16. The second kappa shape index (κ2) is 5.28. The molecule has 1 saturated heterocycles. The third-order valence-electron chi connectivity index (χ3n) is 2.30. The third-order valence-corrected chi connectivity index (χ3v) is 2.30. The van der Waals surface area contributed by atoms with E-state index >= 15 is 0 Å². The van der Waals surface area contributed by atoms with Gasteiger partial charge in [0.15, 0.2) is 1.41 Å². The lowest BCUT2D eigenvalue weighted by molar-refractivity contribution is -0.131. The fourth-order valence-electron chi connectivity index (χ4n) is 1.44. The summed E-state index contributed by atoms with van der Waals surface area (Å²) in [7, 11) is 0. The fourth-order valence-corrected chi connectivity index (χ4v) is 1.44. The topological polar surface area (TPSA) is 144 Å². The minimum Gasteiger partial charge on any atom is -0.370 e. The van der Waals surface area contributed by atoms with Gasteiger partial charge in [-0.25, -0.2) is 0 Å². The number of hydrogen-bond acceptors (Lipinski definition) is 4. The maximum atomic E-state index is 11.7. The molecule has 0 saturated carbocycles. The summed E-state index contributed by atoms with van der Waals surface area (Å²) in [5, 5.41) is 2.77. The zero-order valence-corrected chi connectivity index (χ0v) is 9.01. The molecule has 8 heteroatoms. The van der Waals surface area contributed by atoms with E-state index in [1.54, 1.807) is 0 Å². The van der Waals surface area contributed by atoms with Crippen LogP contribution >= 0.6 is 0 Å². The molecule has 4 amide bonds. The van der Waals surface area contributed by atoms with Crippen molar-refractivity contribution in [2.24, 2.45) is 11.5 Å². The summed E-state index contributed by atoms with van der Waals surface area (Å²) >= 11 is 0. The number of amides is 4. The van der Waals surface area contributed by atoms with E-state index in [-0.39, 0.29) is 12.8 Å². The van der Waals surface area contributed by atoms with E-state index in [1.165, 1.54) is 0 Å². The predicted octanol–water partition coefficient (Wildman–Crippen LogP) is -2.89. The quantitative estimate of drug-likeness (QED) is 0.410. The molecule has 0 bridgehead atoms. The van der Waals surface area contributed by atoms with E-state index in [9.17, 15) is 19.2 Å². The van der Waals surface area contributed by atoms with Crippen LogP contribution in [-0.2, 0) is 19.2 Å². The molecule has 2 atom stereocenters. The zero-order valence-electron chi connectivity index (χ0n) is 10.0. The second-order valence-corrected chi connectivity index (χ2v) is 3.71.